The Hall–Kier alpha value is -1.81. The molecule has 1 aliphatic heterocycles. The summed E-state index contributed by atoms with van der Waals surface area (Å²) < 4.78 is 6.61. The van der Waals surface area contributed by atoms with Crippen LogP contribution in [0.15, 0.2) is 40.9 Å². The van der Waals surface area contributed by atoms with Crippen LogP contribution >= 0.6 is 15.9 Å². The molecule has 0 radical (unpaired) electrons. The molecule has 4 heteroatoms. The van der Waals surface area contributed by atoms with Gasteiger partial charge in [-0.1, -0.05) is 22.0 Å². The Bertz CT molecular complexity index is 649. The third kappa shape index (κ3) is 1.78. The van der Waals surface area contributed by atoms with Crippen LogP contribution in [0, 0.1) is 0 Å². The molecule has 0 spiro atoms. The molecule has 0 bridgehead atoms. The molecule has 2 aromatic carbocycles. The largest absolute Gasteiger partial charge is 0.488 e. The highest BCUT2D eigenvalue weighted by atomic mass is 79.9. The van der Waals surface area contributed by atoms with Crippen LogP contribution in [0.3, 0.4) is 0 Å². The van der Waals surface area contributed by atoms with Gasteiger partial charge in [-0.05, 0) is 41.5 Å². The van der Waals surface area contributed by atoms with Crippen molar-refractivity contribution in [1.82, 2.24) is 0 Å². The maximum atomic E-state index is 10.9. The number of benzene rings is 2. The van der Waals surface area contributed by atoms with E-state index in [1.165, 1.54) is 0 Å². The maximum Gasteiger partial charge on any atom is 0.335 e. The standard InChI is InChI=1S/C14H9BrO3/c15-10-2-4-12-11-3-1-8(14(16)17)5-9(11)7-18-13(12)6-10/h1-6H,7H2,(H,16,17). The first-order valence-electron chi connectivity index (χ1n) is 5.44. The maximum absolute atomic E-state index is 10.9. The van der Waals surface area contributed by atoms with Gasteiger partial charge < -0.3 is 9.84 Å². The number of fused-ring (bicyclic) bond motifs is 3. The van der Waals surface area contributed by atoms with Gasteiger partial charge in [0.05, 0.1) is 5.56 Å². The molecular weight excluding hydrogens is 296 g/mol. The quantitative estimate of drug-likeness (QED) is 0.873. The smallest absolute Gasteiger partial charge is 0.335 e. The topological polar surface area (TPSA) is 46.5 Å². The number of ether oxygens (including phenoxy) is 1. The summed E-state index contributed by atoms with van der Waals surface area (Å²) in [5, 5.41) is 8.97. The fourth-order valence-corrected chi connectivity index (χ4v) is 2.44. The van der Waals surface area contributed by atoms with Crippen molar-refractivity contribution < 1.29 is 14.6 Å². The monoisotopic (exact) mass is 304 g/mol. The molecule has 0 aliphatic carbocycles. The fourth-order valence-electron chi connectivity index (χ4n) is 2.10. The van der Waals surface area contributed by atoms with E-state index in [-0.39, 0.29) is 5.56 Å². The zero-order valence-electron chi connectivity index (χ0n) is 9.31. The number of carboxylic acids is 1. The molecule has 3 rings (SSSR count). The molecule has 90 valence electrons. The van der Waals surface area contributed by atoms with Crippen LogP contribution in [0.2, 0.25) is 0 Å². The number of aromatic carboxylic acids is 1. The molecule has 0 amide bonds. The van der Waals surface area contributed by atoms with Crippen molar-refractivity contribution in [1.29, 1.82) is 0 Å². The van der Waals surface area contributed by atoms with E-state index < -0.39 is 5.97 Å². The van der Waals surface area contributed by atoms with Gasteiger partial charge in [-0.2, -0.15) is 0 Å². The van der Waals surface area contributed by atoms with E-state index in [0.29, 0.717) is 6.61 Å². The minimum Gasteiger partial charge on any atom is -0.488 e. The van der Waals surface area contributed by atoms with E-state index in [1.54, 1.807) is 12.1 Å². The number of carboxylic acid groups (broad SMARTS) is 1. The van der Waals surface area contributed by atoms with Crippen molar-refractivity contribution >= 4 is 21.9 Å². The van der Waals surface area contributed by atoms with Crippen molar-refractivity contribution in [3.8, 4) is 16.9 Å². The Balaban J connectivity index is 2.16. The summed E-state index contributed by atoms with van der Waals surface area (Å²) in [6.07, 6.45) is 0. The first-order chi connectivity index (χ1) is 8.65. The van der Waals surface area contributed by atoms with Crippen molar-refractivity contribution in [2.75, 3.05) is 0 Å². The van der Waals surface area contributed by atoms with Gasteiger partial charge in [0, 0.05) is 10.0 Å². The van der Waals surface area contributed by atoms with E-state index in [2.05, 4.69) is 15.9 Å². The summed E-state index contributed by atoms with van der Waals surface area (Å²) in [5.74, 6) is -0.0978. The molecule has 0 unspecified atom stereocenters. The summed E-state index contributed by atoms with van der Waals surface area (Å²) >= 11 is 3.40. The van der Waals surface area contributed by atoms with Crippen molar-refractivity contribution in [2.24, 2.45) is 0 Å². The summed E-state index contributed by atoms with van der Waals surface area (Å²) in [5.41, 5.74) is 3.23. The first-order valence-corrected chi connectivity index (χ1v) is 6.23. The lowest BCUT2D eigenvalue weighted by Crippen LogP contribution is -2.07. The molecule has 3 nitrogen and oxygen atoms in total. The van der Waals surface area contributed by atoms with Gasteiger partial charge in [0.2, 0.25) is 0 Å². The van der Waals surface area contributed by atoms with E-state index in [4.69, 9.17) is 9.84 Å². The molecule has 0 atom stereocenters. The van der Waals surface area contributed by atoms with Crippen molar-refractivity contribution in [2.45, 2.75) is 6.61 Å². The number of carbonyl (C=O) groups is 1. The predicted octanol–water partition coefficient (Wildman–Crippen LogP) is 3.71. The van der Waals surface area contributed by atoms with Crippen LogP contribution in [0.1, 0.15) is 15.9 Å². The molecule has 18 heavy (non-hydrogen) atoms. The second kappa shape index (κ2) is 4.14. The zero-order chi connectivity index (χ0) is 12.7. The molecule has 2 aromatic rings. The minimum absolute atomic E-state index is 0.290. The summed E-state index contributed by atoms with van der Waals surface area (Å²) in [6.45, 7) is 0.403. The van der Waals surface area contributed by atoms with Gasteiger partial charge in [0.15, 0.2) is 0 Å². The van der Waals surface area contributed by atoms with E-state index in [0.717, 1.165) is 26.9 Å². The predicted molar refractivity (Wildman–Crippen MR) is 70.9 cm³/mol. The lowest BCUT2D eigenvalue weighted by Gasteiger charge is -2.21. The van der Waals surface area contributed by atoms with Gasteiger partial charge in [0.1, 0.15) is 12.4 Å². The average Bonchev–Trinajstić information content (AvgIpc) is 2.37. The number of halogens is 1. The first kappa shape index (κ1) is 11.3. The van der Waals surface area contributed by atoms with Gasteiger partial charge in [0.25, 0.3) is 0 Å². The van der Waals surface area contributed by atoms with E-state index in [1.807, 2.05) is 24.3 Å². The Morgan fingerprint density at radius 1 is 1.17 bits per heavy atom. The van der Waals surface area contributed by atoms with Crippen LogP contribution in [-0.2, 0) is 6.61 Å². The second-order valence-electron chi connectivity index (χ2n) is 4.11. The number of hydrogen-bond donors (Lipinski definition) is 1. The lowest BCUT2D eigenvalue weighted by molar-refractivity contribution is 0.0696. The Labute approximate surface area is 112 Å². The molecule has 1 N–H and O–H groups in total. The molecule has 0 aromatic heterocycles. The van der Waals surface area contributed by atoms with Crippen LogP contribution in [0.25, 0.3) is 11.1 Å². The molecule has 0 fully saturated rings. The number of hydrogen-bond acceptors (Lipinski definition) is 2. The van der Waals surface area contributed by atoms with Crippen LogP contribution in [0.5, 0.6) is 5.75 Å². The van der Waals surface area contributed by atoms with Crippen molar-refractivity contribution in [3.05, 3.63) is 52.0 Å². The molecule has 1 heterocycles. The summed E-state index contributed by atoms with van der Waals surface area (Å²) in [7, 11) is 0. The average molecular weight is 305 g/mol. The number of rotatable bonds is 1. The third-order valence-electron chi connectivity index (χ3n) is 2.97. The lowest BCUT2D eigenvalue weighted by atomic mass is 9.95. The SMILES string of the molecule is O=C(O)c1ccc2c(c1)COc1cc(Br)ccc1-2. The molecule has 1 aliphatic rings. The third-order valence-corrected chi connectivity index (χ3v) is 3.46. The van der Waals surface area contributed by atoms with Gasteiger partial charge >= 0.3 is 5.97 Å². The highest BCUT2D eigenvalue weighted by Gasteiger charge is 2.18. The van der Waals surface area contributed by atoms with E-state index in [9.17, 15) is 4.79 Å². The Morgan fingerprint density at radius 3 is 2.72 bits per heavy atom. The molecule has 0 saturated carbocycles. The summed E-state index contributed by atoms with van der Waals surface area (Å²) in [4.78, 5) is 10.9. The van der Waals surface area contributed by atoms with Crippen LogP contribution in [0.4, 0.5) is 0 Å². The second-order valence-corrected chi connectivity index (χ2v) is 5.02. The van der Waals surface area contributed by atoms with Crippen LogP contribution in [-0.4, -0.2) is 11.1 Å². The molecular formula is C14H9BrO3. The highest BCUT2D eigenvalue weighted by molar-refractivity contribution is 9.10. The van der Waals surface area contributed by atoms with Gasteiger partial charge in [-0.15, -0.1) is 0 Å². The Kier molecular flexibility index (Phi) is 2.59. The normalized spacial score (nSPS) is 12.3. The highest BCUT2D eigenvalue weighted by Crippen LogP contribution is 2.39. The van der Waals surface area contributed by atoms with Crippen molar-refractivity contribution in [3.63, 3.8) is 0 Å². The summed E-state index contributed by atoms with van der Waals surface area (Å²) in [6, 6.07) is 11.0. The van der Waals surface area contributed by atoms with Crippen LogP contribution < -0.4 is 4.74 Å². The van der Waals surface area contributed by atoms with Gasteiger partial charge in [-0.3, -0.25) is 0 Å². The fraction of sp³-hybridized carbons (Fsp3) is 0.0714. The minimum atomic E-state index is -0.917. The molecule has 0 saturated heterocycles. The zero-order valence-corrected chi connectivity index (χ0v) is 10.9. The van der Waals surface area contributed by atoms with Gasteiger partial charge in [-0.25, -0.2) is 4.79 Å². The Morgan fingerprint density at radius 2 is 1.94 bits per heavy atom. The van der Waals surface area contributed by atoms with E-state index >= 15 is 0 Å².